The smallest absolute Gasteiger partial charge is 0.115 e. The second-order valence-corrected chi connectivity index (χ2v) is 13.4. The molecule has 0 aliphatic heterocycles. The van der Waals surface area contributed by atoms with E-state index >= 15 is 0 Å². The molecule has 0 bridgehead atoms. The Balaban J connectivity index is -0.000000867. The topological polar surface area (TPSA) is 227 Å². The molecule has 4 aromatic rings. The lowest BCUT2D eigenvalue weighted by Gasteiger charge is -2.22. The molecule has 15 heteroatoms. The second-order valence-electron chi connectivity index (χ2n) is 13.4. The zero-order valence-electron chi connectivity index (χ0n) is 33.0. The molecule has 4 aromatic carbocycles. The molecule has 0 heterocycles. The average molecular weight is 1150 g/mol. The van der Waals surface area contributed by atoms with Crippen LogP contribution in [0.2, 0.25) is 0 Å². The van der Waals surface area contributed by atoms with Gasteiger partial charge in [0.05, 0.1) is 37.6 Å². The van der Waals surface area contributed by atoms with Gasteiger partial charge >= 0.3 is 0 Å². The fraction of sp³-hybridized carbons (Fsp3) is 0.442. The Morgan fingerprint density at radius 2 is 0.879 bits per heavy atom. The van der Waals surface area contributed by atoms with Crippen molar-refractivity contribution in [3.8, 4) is 23.0 Å². The van der Waals surface area contributed by atoms with E-state index in [-0.39, 0.29) is 85.2 Å². The highest BCUT2D eigenvalue weighted by Gasteiger charge is 2.15. The molecule has 0 amide bonds. The average Bonchev–Trinajstić information content (AvgIpc) is 3.18. The third-order valence-electron chi connectivity index (χ3n) is 8.26. The molecule has 0 radical (unpaired) electrons. The van der Waals surface area contributed by atoms with Gasteiger partial charge in [-0.25, -0.2) is 0 Å². The van der Waals surface area contributed by atoms with Crippen LogP contribution in [-0.4, -0.2) is 96.9 Å². The number of hydrogen-bond donors (Lipinski definition) is 10. The summed E-state index contributed by atoms with van der Waals surface area (Å²) < 4.78 is 5.83. The summed E-state index contributed by atoms with van der Waals surface area (Å²) in [5.41, 5.74) is 4.13. The Labute approximate surface area is 385 Å². The van der Waals surface area contributed by atoms with Gasteiger partial charge in [-0.05, 0) is 124 Å². The van der Waals surface area contributed by atoms with E-state index in [9.17, 15) is 30.6 Å². The molecule has 58 heavy (non-hydrogen) atoms. The van der Waals surface area contributed by atoms with Gasteiger partial charge in [0.1, 0.15) is 23.0 Å². The van der Waals surface area contributed by atoms with Crippen molar-refractivity contribution in [3.05, 3.63) is 119 Å². The molecule has 0 aromatic heterocycles. The third-order valence-corrected chi connectivity index (χ3v) is 8.26. The van der Waals surface area contributed by atoms with Crippen molar-refractivity contribution in [1.82, 2.24) is 10.6 Å². The number of halogens is 3. The molecule has 0 fully saturated rings. The van der Waals surface area contributed by atoms with E-state index in [1.54, 1.807) is 67.6 Å². The molecule has 0 aliphatic rings. The van der Waals surface area contributed by atoms with Crippen molar-refractivity contribution in [1.29, 1.82) is 0 Å². The number of phenolic OH excluding ortho intramolecular Hbond substituents is 4. The quantitative estimate of drug-likeness (QED) is 0.0441. The lowest BCUT2D eigenvalue weighted by Crippen LogP contribution is -2.32. The van der Waals surface area contributed by atoms with E-state index in [0.29, 0.717) is 19.1 Å². The lowest BCUT2D eigenvalue weighted by atomic mass is 10.0. The highest BCUT2D eigenvalue weighted by molar-refractivity contribution is 15.0. The maximum atomic E-state index is 10.1. The highest BCUT2D eigenvalue weighted by Crippen LogP contribution is 2.21. The normalized spacial score (nSPS) is 13.2. The molecule has 0 saturated carbocycles. The van der Waals surface area contributed by atoms with Crippen LogP contribution in [0.15, 0.2) is 97.1 Å². The van der Waals surface area contributed by atoms with E-state index in [1.165, 1.54) is 18.1 Å². The van der Waals surface area contributed by atoms with Crippen LogP contribution in [0.5, 0.6) is 23.0 Å². The van der Waals surface area contributed by atoms with Crippen LogP contribution in [0, 0.1) is 0 Å². The number of ether oxygens (including phenoxy) is 1. The van der Waals surface area contributed by atoms with E-state index in [0.717, 1.165) is 36.8 Å². The number of rotatable bonds is 18. The first-order valence-electron chi connectivity index (χ1n) is 18.3. The summed E-state index contributed by atoms with van der Waals surface area (Å²) in [5.74, 6) is 0.989. The van der Waals surface area contributed by atoms with E-state index in [1.807, 2.05) is 36.4 Å². The molecular weight excluding hydrogens is 1090 g/mol. The number of hydrogen-bond acceptors (Lipinski definition) is 11. The van der Waals surface area contributed by atoms with E-state index < -0.39 is 18.3 Å². The molecule has 0 saturated heterocycles. The SMILES string of the molecule is C.CC(CCc1ccc(O)cc1)NCC(O)c1ccc(O)cc1.CC(O)CO.CC(O)COC(CNC(C)CCc1ccc(O)cc1)c1ccc(O)cc1.I.II.O. The van der Waals surface area contributed by atoms with Crippen LogP contribution in [-0.2, 0) is 17.6 Å². The summed E-state index contributed by atoms with van der Waals surface area (Å²) in [6, 6.07) is 28.7. The Hall–Kier alpha value is -2.05. The standard InChI is InChI=1S/C21H29NO4.C18H23NO3.C3H8O2.CH4.I2.HI.H2O/c1-15(3-4-17-5-9-19(24)10-6-17)22-13-21(26-14-16(2)23)18-7-11-20(25)12-8-18;1-13(2-3-14-4-8-16(20)9-5-14)19-12-18(22)15-6-10-17(21)11-7-15;1-3(5)2-4;;1-2;;/h5-12,15-16,21-25H,3-4,13-14H2,1-2H3;4-11,13,18-22H,2-3,12H2,1H3;3-5H,2H2,1H3;1H4;;1H;1H2. The molecule has 0 aliphatic carbocycles. The highest BCUT2D eigenvalue weighted by atomic mass is 128. The van der Waals surface area contributed by atoms with Crippen LogP contribution >= 0.6 is 61.2 Å². The van der Waals surface area contributed by atoms with Crippen molar-refractivity contribution in [2.45, 2.75) is 97.3 Å². The van der Waals surface area contributed by atoms with Crippen molar-refractivity contribution >= 4 is 61.2 Å². The van der Waals surface area contributed by atoms with Gasteiger partial charge in [-0.2, -0.15) is 0 Å². The summed E-state index contributed by atoms with van der Waals surface area (Å²) in [6.07, 6.45) is 1.89. The Morgan fingerprint density at radius 1 is 0.552 bits per heavy atom. The first kappa shape index (κ1) is 60.3. The van der Waals surface area contributed by atoms with Gasteiger partial charge in [0.25, 0.3) is 0 Å². The molecule has 12 N–H and O–H groups in total. The zero-order valence-corrected chi connectivity index (χ0v) is 39.7. The van der Waals surface area contributed by atoms with Gasteiger partial charge in [-0.1, -0.05) is 56.0 Å². The number of benzene rings is 4. The maximum absolute atomic E-state index is 10.1. The summed E-state index contributed by atoms with van der Waals surface area (Å²) in [5, 5.41) is 79.7. The summed E-state index contributed by atoms with van der Waals surface area (Å²) in [4.78, 5) is 0. The van der Waals surface area contributed by atoms with Gasteiger partial charge in [-0.15, -0.1) is 24.0 Å². The molecule has 6 unspecified atom stereocenters. The van der Waals surface area contributed by atoms with Crippen LogP contribution < -0.4 is 10.6 Å². The van der Waals surface area contributed by atoms with Crippen molar-refractivity contribution < 1.29 is 51.1 Å². The fourth-order valence-corrected chi connectivity index (χ4v) is 4.95. The zero-order chi connectivity index (χ0) is 41.2. The van der Waals surface area contributed by atoms with Crippen LogP contribution in [0.4, 0.5) is 0 Å². The minimum absolute atomic E-state index is 0. The molecule has 4 rings (SSSR count). The van der Waals surface area contributed by atoms with E-state index in [2.05, 4.69) is 61.7 Å². The number of aliphatic hydroxyl groups excluding tert-OH is 4. The Bertz CT molecular complexity index is 1520. The first-order valence-corrected chi connectivity index (χ1v) is 24.6. The van der Waals surface area contributed by atoms with Crippen molar-refractivity contribution in [3.63, 3.8) is 0 Å². The van der Waals surface area contributed by atoms with Gasteiger partial charge in [-0.3, -0.25) is 0 Å². The molecule has 12 nitrogen and oxygen atoms in total. The van der Waals surface area contributed by atoms with Crippen molar-refractivity contribution in [2.75, 3.05) is 26.3 Å². The predicted octanol–water partition coefficient (Wildman–Crippen LogP) is 7.45. The van der Waals surface area contributed by atoms with Gasteiger partial charge in [0, 0.05) is 62.4 Å². The number of aliphatic hydroxyl groups is 4. The molecular formula is C43H67I3N2O10. The Morgan fingerprint density at radius 3 is 1.22 bits per heavy atom. The monoisotopic (exact) mass is 1150 g/mol. The van der Waals surface area contributed by atoms with Gasteiger partial charge in [0.15, 0.2) is 0 Å². The largest absolute Gasteiger partial charge is 0.508 e. The van der Waals surface area contributed by atoms with Gasteiger partial charge < -0.3 is 61.7 Å². The second kappa shape index (κ2) is 35.7. The predicted molar refractivity (Wildman–Crippen MR) is 262 cm³/mol. The minimum atomic E-state index is -0.586. The first-order chi connectivity index (χ1) is 26.2. The summed E-state index contributed by atoms with van der Waals surface area (Å²) in [7, 11) is 0. The number of phenols is 4. The number of aromatic hydroxyl groups is 4. The molecule has 6 atom stereocenters. The summed E-state index contributed by atoms with van der Waals surface area (Å²) in [6.45, 7) is 8.65. The lowest BCUT2D eigenvalue weighted by molar-refractivity contribution is -0.00430. The fourth-order valence-electron chi connectivity index (χ4n) is 4.95. The Kier molecular flexibility index (Phi) is 37.1. The van der Waals surface area contributed by atoms with Crippen LogP contribution in [0.1, 0.15) is 82.4 Å². The van der Waals surface area contributed by atoms with Crippen LogP contribution in [0.3, 0.4) is 0 Å². The minimum Gasteiger partial charge on any atom is -0.508 e. The van der Waals surface area contributed by atoms with Crippen LogP contribution in [0.25, 0.3) is 0 Å². The number of nitrogens with one attached hydrogen (secondary N) is 2. The third kappa shape index (κ3) is 28.4. The van der Waals surface area contributed by atoms with Gasteiger partial charge in [0.2, 0.25) is 0 Å². The van der Waals surface area contributed by atoms with E-state index in [4.69, 9.17) is 14.9 Å². The molecule has 330 valence electrons. The number of aryl methyl sites for hydroxylation is 2. The maximum Gasteiger partial charge on any atom is 0.115 e. The molecule has 0 spiro atoms. The summed E-state index contributed by atoms with van der Waals surface area (Å²) >= 11 is 4.24. The van der Waals surface area contributed by atoms with Crippen molar-refractivity contribution in [2.24, 2.45) is 0 Å².